The molecule has 7 nitrogen and oxygen atoms in total. The summed E-state index contributed by atoms with van der Waals surface area (Å²) in [6, 6.07) is 7.04. The molecule has 1 aromatic carbocycles. The minimum absolute atomic E-state index is 0.115. The number of amides is 2. The average molecular weight is 287 g/mol. The second-order valence-electron chi connectivity index (χ2n) is 4.85. The molecule has 110 valence electrons. The Labute approximate surface area is 121 Å². The summed E-state index contributed by atoms with van der Waals surface area (Å²) in [4.78, 5) is 28.4. The highest BCUT2D eigenvalue weighted by Gasteiger charge is 2.16. The zero-order chi connectivity index (χ0) is 15.6. The van der Waals surface area contributed by atoms with Crippen LogP contribution in [0.4, 0.5) is 11.4 Å². The number of anilines is 2. The molecule has 2 rings (SSSR count). The molecule has 2 aromatic rings. The molecule has 0 atom stereocenters. The van der Waals surface area contributed by atoms with Crippen molar-refractivity contribution in [1.29, 1.82) is 0 Å². The van der Waals surface area contributed by atoms with E-state index in [9.17, 15) is 9.59 Å². The number of fused-ring (bicyclic) bond motifs is 1. The molecule has 1 heterocycles. The minimum atomic E-state index is -0.553. The third-order valence-corrected chi connectivity index (χ3v) is 2.97. The molecule has 0 aliphatic heterocycles. The van der Waals surface area contributed by atoms with Gasteiger partial charge in [-0.25, -0.2) is 0 Å². The number of hydrogen-bond acceptors (Lipinski definition) is 5. The van der Waals surface area contributed by atoms with E-state index >= 15 is 0 Å². The van der Waals surface area contributed by atoms with Crippen molar-refractivity contribution >= 4 is 34.1 Å². The number of carbonyl (C=O) groups is 2. The molecule has 0 aliphatic rings. The van der Waals surface area contributed by atoms with Gasteiger partial charge in [-0.1, -0.05) is 0 Å². The minimum Gasteiger partial charge on any atom is -0.399 e. The number of aryl methyl sites for hydroxylation is 1. The number of primary amides is 2. The van der Waals surface area contributed by atoms with Crippen LogP contribution in [0, 0.1) is 6.92 Å². The molecule has 1 aromatic heterocycles. The largest absolute Gasteiger partial charge is 0.399 e. The summed E-state index contributed by atoms with van der Waals surface area (Å²) in [6.45, 7) is 1.60. The number of benzene rings is 1. The predicted octanol–water partition coefficient (Wildman–Crippen LogP) is -0.0976. The zero-order valence-corrected chi connectivity index (χ0v) is 11.7. The van der Waals surface area contributed by atoms with Crippen LogP contribution in [0.2, 0.25) is 0 Å². The predicted molar refractivity (Wildman–Crippen MR) is 81.5 cm³/mol. The van der Waals surface area contributed by atoms with Crippen LogP contribution in [0.5, 0.6) is 0 Å². The van der Waals surface area contributed by atoms with Gasteiger partial charge < -0.3 is 22.1 Å². The number of hydrogen-bond donors (Lipinski definition) is 3. The van der Waals surface area contributed by atoms with Gasteiger partial charge in [0.05, 0.1) is 18.6 Å². The molecule has 21 heavy (non-hydrogen) atoms. The summed E-state index contributed by atoms with van der Waals surface area (Å²) in [5.74, 6) is -1.11. The van der Waals surface area contributed by atoms with E-state index in [2.05, 4.69) is 4.98 Å². The average Bonchev–Trinajstić information content (AvgIpc) is 2.36. The first kappa shape index (κ1) is 14.6. The van der Waals surface area contributed by atoms with Crippen LogP contribution in [0.15, 0.2) is 24.3 Å². The maximum Gasteiger partial charge on any atom is 0.236 e. The lowest BCUT2D eigenvalue weighted by Gasteiger charge is -2.23. The van der Waals surface area contributed by atoms with Crippen LogP contribution >= 0.6 is 0 Å². The normalized spacial score (nSPS) is 10.5. The fraction of sp³-hybridized carbons (Fsp3) is 0.214. The maximum atomic E-state index is 11.2. The van der Waals surface area contributed by atoms with Crippen molar-refractivity contribution in [3.63, 3.8) is 0 Å². The highest BCUT2D eigenvalue weighted by atomic mass is 16.2. The Morgan fingerprint density at radius 3 is 2.33 bits per heavy atom. The number of rotatable bonds is 5. The van der Waals surface area contributed by atoms with Crippen LogP contribution in [0.1, 0.15) is 5.69 Å². The molecule has 0 unspecified atom stereocenters. The maximum absolute atomic E-state index is 11.2. The van der Waals surface area contributed by atoms with Gasteiger partial charge in [-0.2, -0.15) is 0 Å². The first-order valence-electron chi connectivity index (χ1n) is 6.35. The smallest absolute Gasteiger partial charge is 0.236 e. The summed E-state index contributed by atoms with van der Waals surface area (Å²) in [5, 5.41) is 0.739. The van der Waals surface area contributed by atoms with Crippen molar-refractivity contribution in [2.24, 2.45) is 11.5 Å². The summed E-state index contributed by atoms with van der Waals surface area (Å²) < 4.78 is 0. The molecule has 7 heteroatoms. The Hall–Kier alpha value is -2.83. The lowest BCUT2D eigenvalue weighted by molar-refractivity contribution is -0.117. The zero-order valence-electron chi connectivity index (χ0n) is 11.7. The number of nitrogen functional groups attached to an aromatic ring is 1. The monoisotopic (exact) mass is 287 g/mol. The molecule has 0 saturated carbocycles. The Morgan fingerprint density at radius 2 is 1.76 bits per heavy atom. The first-order chi connectivity index (χ1) is 9.86. The van der Waals surface area contributed by atoms with Crippen LogP contribution in [-0.2, 0) is 9.59 Å². The van der Waals surface area contributed by atoms with Gasteiger partial charge in [0.1, 0.15) is 0 Å². The quantitative estimate of drug-likeness (QED) is 0.661. The Balaban J connectivity index is 2.61. The topological polar surface area (TPSA) is 128 Å². The molecule has 0 fully saturated rings. The van der Waals surface area contributed by atoms with Gasteiger partial charge in [-0.3, -0.25) is 14.6 Å². The molecule has 0 aliphatic carbocycles. The van der Waals surface area contributed by atoms with Gasteiger partial charge in [0.2, 0.25) is 11.8 Å². The molecule has 0 radical (unpaired) electrons. The number of carbonyl (C=O) groups excluding carboxylic acids is 2. The van der Waals surface area contributed by atoms with Crippen molar-refractivity contribution in [3.8, 4) is 0 Å². The van der Waals surface area contributed by atoms with Crippen LogP contribution < -0.4 is 22.1 Å². The van der Waals surface area contributed by atoms with E-state index in [1.54, 1.807) is 24.3 Å². The third kappa shape index (κ3) is 3.38. The van der Waals surface area contributed by atoms with Crippen LogP contribution in [-0.4, -0.2) is 29.9 Å². The summed E-state index contributed by atoms with van der Waals surface area (Å²) in [7, 11) is 0. The first-order valence-corrected chi connectivity index (χ1v) is 6.35. The molecule has 0 bridgehead atoms. The molecule has 0 spiro atoms. The van der Waals surface area contributed by atoms with Crippen molar-refractivity contribution in [1.82, 2.24) is 4.98 Å². The SMILES string of the molecule is Cc1cc(N(CC(N)=O)CC(N)=O)c2cc(N)ccc2n1. The fourth-order valence-corrected chi connectivity index (χ4v) is 2.22. The highest BCUT2D eigenvalue weighted by molar-refractivity contribution is 5.97. The number of nitrogens with zero attached hydrogens (tertiary/aromatic N) is 2. The van der Waals surface area contributed by atoms with Crippen molar-refractivity contribution < 1.29 is 9.59 Å². The molecule has 6 N–H and O–H groups in total. The number of pyridine rings is 1. The number of aromatic nitrogens is 1. The van der Waals surface area contributed by atoms with E-state index in [0.717, 1.165) is 16.6 Å². The van der Waals surface area contributed by atoms with Gasteiger partial charge in [-0.15, -0.1) is 0 Å². The second kappa shape index (κ2) is 5.66. The van der Waals surface area contributed by atoms with Gasteiger partial charge in [0.25, 0.3) is 0 Å². The van der Waals surface area contributed by atoms with E-state index in [-0.39, 0.29) is 13.1 Å². The lowest BCUT2D eigenvalue weighted by atomic mass is 10.1. The number of nitrogens with two attached hydrogens (primary N) is 3. The standard InChI is InChI=1S/C14H17N5O2/c1-8-4-12(19(6-13(16)20)7-14(17)21)10-5-9(15)2-3-11(10)18-8/h2-5H,6-7,15H2,1H3,(H2,16,20)(H2,17,21). The van der Waals surface area contributed by atoms with Gasteiger partial charge >= 0.3 is 0 Å². The van der Waals surface area contributed by atoms with Crippen molar-refractivity contribution in [2.45, 2.75) is 6.92 Å². The Morgan fingerprint density at radius 1 is 1.14 bits per heavy atom. The fourth-order valence-electron chi connectivity index (χ4n) is 2.22. The Kier molecular flexibility index (Phi) is 3.93. The van der Waals surface area contributed by atoms with Gasteiger partial charge in [0, 0.05) is 22.5 Å². The lowest BCUT2D eigenvalue weighted by Crippen LogP contribution is -2.39. The van der Waals surface area contributed by atoms with Crippen molar-refractivity contribution in [2.75, 3.05) is 23.7 Å². The summed E-state index contributed by atoms with van der Waals surface area (Å²) in [6.07, 6.45) is 0. The summed E-state index contributed by atoms with van der Waals surface area (Å²) in [5.41, 5.74) is 19.0. The molecule has 0 saturated heterocycles. The van der Waals surface area contributed by atoms with E-state index < -0.39 is 11.8 Å². The van der Waals surface area contributed by atoms with Crippen LogP contribution in [0.25, 0.3) is 10.9 Å². The van der Waals surface area contributed by atoms with E-state index in [1.807, 2.05) is 6.92 Å². The van der Waals surface area contributed by atoms with Crippen LogP contribution in [0.3, 0.4) is 0 Å². The van der Waals surface area contributed by atoms with Crippen molar-refractivity contribution in [3.05, 3.63) is 30.0 Å². The second-order valence-corrected chi connectivity index (χ2v) is 4.85. The van der Waals surface area contributed by atoms with E-state index in [1.165, 1.54) is 4.90 Å². The molecular weight excluding hydrogens is 270 g/mol. The van der Waals surface area contributed by atoms with E-state index in [4.69, 9.17) is 17.2 Å². The molecule has 2 amide bonds. The Bertz CT molecular complexity index is 698. The van der Waals surface area contributed by atoms with Gasteiger partial charge in [0.15, 0.2) is 0 Å². The van der Waals surface area contributed by atoms with E-state index in [0.29, 0.717) is 11.4 Å². The van der Waals surface area contributed by atoms with Gasteiger partial charge in [-0.05, 0) is 31.2 Å². The summed E-state index contributed by atoms with van der Waals surface area (Å²) >= 11 is 0. The molecular formula is C14H17N5O2. The highest BCUT2D eigenvalue weighted by Crippen LogP contribution is 2.28. The third-order valence-electron chi connectivity index (χ3n) is 2.97.